The summed E-state index contributed by atoms with van der Waals surface area (Å²) in [4.78, 5) is 29.3. The first-order valence-corrected chi connectivity index (χ1v) is 7.84. The minimum atomic E-state index is -0.796. The molecule has 1 fully saturated rings. The molecule has 5 nitrogen and oxygen atoms in total. The summed E-state index contributed by atoms with van der Waals surface area (Å²) in [6.07, 6.45) is 5.43. The van der Waals surface area contributed by atoms with E-state index in [0.717, 1.165) is 17.9 Å². The molecule has 1 aliphatic rings. The Labute approximate surface area is 122 Å². The number of carboxylic acid groups (broad SMARTS) is 1. The summed E-state index contributed by atoms with van der Waals surface area (Å²) < 4.78 is 0. The second-order valence-corrected chi connectivity index (χ2v) is 5.71. The van der Waals surface area contributed by atoms with E-state index in [9.17, 15) is 9.59 Å². The van der Waals surface area contributed by atoms with Crippen LogP contribution in [0.5, 0.6) is 0 Å². The highest BCUT2D eigenvalue weighted by Gasteiger charge is 2.27. The van der Waals surface area contributed by atoms with Crippen molar-refractivity contribution >= 4 is 23.6 Å². The van der Waals surface area contributed by atoms with Gasteiger partial charge >= 0.3 is 5.97 Å². The van der Waals surface area contributed by atoms with E-state index < -0.39 is 5.97 Å². The van der Waals surface area contributed by atoms with Crippen molar-refractivity contribution in [2.75, 3.05) is 19.3 Å². The molecule has 1 aromatic rings. The van der Waals surface area contributed by atoms with E-state index in [1.807, 2.05) is 6.26 Å². The molecule has 1 aromatic heterocycles. The lowest BCUT2D eigenvalue weighted by Gasteiger charge is -2.32. The third kappa shape index (κ3) is 3.50. The summed E-state index contributed by atoms with van der Waals surface area (Å²) in [6, 6.07) is 3.54. The molecule has 0 aliphatic carbocycles. The van der Waals surface area contributed by atoms with Crippen molar-refractivity contribution < 1.29 is 14.7 Å². The van der Waals surface area contributed by atoms with E-state index >= 15 is 0 Å². The van der Waals surface area contributed by atoms with Crippen LogP contribution >= 0.6 is 11.8 Å². The predicted molar refractivity (Wildman–Crippen MR) is 76.9 cm³/mol. The van der Waals surface area contributed by atoms with Gasteiger partial charge in [0.05, 0.1) is 5.56 Å². The maximum Gasteiger partial charge on any atom is 0.303 e. The molecule has 108 valence electrons. The molecule has 0 radical (unpaired) electrons. The van der Waals surface area contributed by atoms with Crippen LogP contribution in [0.25, 0.3) is 0 Å². The Hall–Kier alpha value is -1.56. The van der Waals surface area contributed by atoms with Crippen LogP contribution in [0.1, 0.15) is 29.6 Å². The lowest BCUT2D eigenvalue weighted by Crippen LogP contribution is -2.40. The lowest BCUT2D eigenvalue weighted by atomic mass is 9.94. The Morgan fingerprint density at radius 1 is 1.55 bits per heavy atom. The molecule has 0 aromatic carbocycles. The second kappa shape index (κ2) is 6.74. The van der Waals surface area contributed by atoms with Crippen molar-refractivity contribution in [3.8, 4) is 0 Å². The van der Waals surface area contributed by atoms with Crippen LogP contribution in [0.3, 0.4) is 0 Å². The first-order chi connectivity index (χ1) is 9.61. The van der Waals surface area contributed by atoms with Crippen LogP contribution in [0, 0.1) is 5.92 Å². The van der Waals surface area contributed by atoms with Crippen molar-refractivity contribution in [1.82, 2.24) is 9.88 Å². The quantitative estimate of drug-likeness (QED) is 0.861. The molecular weight excluding hydrogens is 276 g/mol. The van der Waals surface area contributed by atoms with Crippen LogP contribution in [0.15, 0.2) is 23.4 Å². The highest BCUT2D eigenvalue weighted by Crippen LogP contribution is 2.24. The lowest BCUT2D eigenvalue weighted by molar-refractivity contribution is -0.138. The smallest absolute Gasteiger partial charge is 0.303 e. The number of aliphatic carboxylic acids is 1. The molecule has 0 saturated carbocycles. The minimum absolute atomic E-state index is 0.0439. The Morgan fingerprint density at radius 3 is 3.05 bits per heavy atom. The number of likely N-dealkylation sites (tertiary alicyclic amines) is 1. The monoisotopic (exact) mass is 294 g/mol. The molecule has 20 heavy (non-hydrogen) atoms. The third-order valence-corrected chi connectivity index (χ3v) is 4.18. The number of amides is 1. The molecule has 2 rings (SSSR count). The Kier molecular flexibility index (Phi) is 5.00. The molecule has 1 N–H and O–H groups in total. The van der Waals surface area contributed by atoms with Gasteiger partial charge in [0, 0.05) is 25.7 Å². The first kappa shape index (κ1) is 14.8. The molecular formula is C14H18N2O3S. The van der Waals surface area contributed by atoms with Crippen LogP contribution in [-0.2, 0) is 4.79 Å². The van der Waals surface area contributed by atoms with Crippen molar-refractivity contribution in [3.05, 3.63) is 23.9 Å². The molecule has 0 bridgehead atoms. The van der Waals surface area contributed by atoms with Crippen molar-refractivity contribution in [2.45, 2.75) is 24.3 Å². The maximum atomic E-state index is 12.5. The van der Waals surface area contributed by atoms with Gasteiger partial charge in [0.25, 0.3) is 5.91 Å². The number of carboxylic acids is 1. The van der Waals surface area contributed by atoms with Gasteiger partial charge in [-0.15, -0.1) is 11.8 Å². The zero-order valence-corrected chi connectivity index (χ0v) is 12.2. The second-order valence-electron chi connectivity index (χ2n) is 4.92. The number of nitrogens with zero attached hydrogens (tertiary/aromatic N) is 2. The number of rotatable bonds is 4. The number of carbonyl (C=O) groups is 2. The van der Waals surface area contributed by atoms with Gasteiger partial charge in [0.2, 0.25) is 0 Å². The van der Waals surface area contributed by atoms with E-state index in [4.69, 9.17) is 5.11 Å². The van der Waals surface area contributed by atoms with E-state index in [-0.39, 0.29) is 18.2 Å². The van der Waals surface area contributed by atoms with Crippen LogP contribution < -0.4 is 0 Å². The van der Waals surface area contributed by atoms with E-state index in [0.29, 0.717) is 18.7 Å². The molecule has 1 atom stereocenters. The minimum Gasteiger partial charge on any atom is -0.481 e. The fourth-order valence-electron chi connectivity index (χ4n) is 2.55. The summed E-state index contributed by atoms with van der Waals surface area (Å²) in [6.45, 7) is 1.21. The largest absolute Gasteiger partial charge is 0.481 e. The standard InChI is InChI=1S/C14H18N2O3S/c1-20-13-11(5-2-6-15-13)14(19)16-7-3-4-10(9-16)8-12(17)18/h2,5-6,10H,3-4,7-9H2,1H3,(H,17,18). The Morgan fingerprint density at radius 2 is 2.35 bits per heavy atom. The topological polar surface area (TPSA) is 70.5 Å². The van der Waals surface area contributed by atoms with Gasteiger partial charge in [-0.2, -0.15) is 0 Å². The summed E-state index contributed by atoms with van der Waals surface area (Å²) >= 11 is 1.45. The molecule has 2 heterocycles. The van der Waals surface area contributed by atoms with Gasteiger partial charge in [-0.1, -0.05) is 0 Å². The first-order valence-electron chi connectivity index (χ1n) is 6.62. The number of carbonyl (C=O) groups excluding carboxylic acids is 1. The van der Waals surface area contributed by atoms with E-state index in [1.165, 1.54) is 11.8 Å². The van der Waals surface area contributed by atoms with E-state index in [1.54, 1.807) is 23.2 Å². The molecule has 0 spiro atoms. The molecule has 1 aliphatic heterocycles. The number of aromatic nitrogens is 1. The average Bonchev–Trinajstić information content (AvgIpc) is 2.46. The van der Waals surface area contributed by atoms with Gasteiger partial charge in [-0.05, 0) is 37.1 Å². The average molecular weight is 294 g/mol. The highest BCUT2D eigenvalue weighted by molar-refractivity contribution is 7.98. The zero-order chi connectivity index (χ0) is 14.5. The van der Waals surface area contributed by atoms with Crippen molar-refractivity contribution in [3.63, 3.8) is 0 Å². The fourth-order valence-corrected chi connectivity index (χ4v) is 3.09. The zero-order valence-electron chi connectivity index (χ0n) is 11.4. The van der Waals surface area contributed by atoms with Gasteiger partial charge in [-0.25, -0.2) is 4.98 Å². The number of piperidine rings is 1. The van der Waals surface area contributed by atoms with Gasteiger partial charge < -0.3 is 10.0 Å². The van der Waals surface area contributed by atoms with Gasteiger partial charge in [-0.3, -0.25) is 9.59 Å². The van der Waals surface area contributed by atoms with Crippen molar-refractivity contribution in [2.24, 2.45) is 5.92 Å². The third-order valence-electron chi connectivity index (χ3n) is 3.46. The van der Waals surface area contributed by atoms with Crippen molar-refractivity contribution in [1.29, 1.82) is 0 Å². The van der Waals surface area contributed by atoms with Crippen LogP contribution in [0.4, 0.5) is 0 Å². The fraction of sp³-hybridized carbons (Fsp3) is 0.500. The number of hydrogen-bond acceptors (Lipinski definition) is 4. The summed E-state index contributed by atoms with van der Waals surface area (Å²) in [7, 11) is 0. The maximum absolute atomic E-state index is 12.5. The van der Waals surface area contributed by atoms with Gasteiger partial charge in [0.1, 0.15) is 5.03 Å². The van der Waals surface area contributed by atoms with E-state index in [2.05, 4.69) is 4.98 Å². The molecule has 1 saturated heterocycles. The Balaban J connectivity index is 2.10. The Bertz CT molecular complexity index is 507. The molecule has 1 amide bonds. The predicted octanol–water partition coefficient (Wildman–Crippen LogP) is 2.13. The summed E-state index contributed by atoms with van der Waals surface area (Å²) in [5.74, 6) is -0.785. The summed E-state index contributed by atoms with van der Waals surface area (Å²) in [5.41, 5.74) is 0.607. The van der Waals surface area contributed by atoms with Crippen LogP contribution in [-0.4, -0.2) is 46.2 Å². The molecule has 6 heteroatoms. The normalized spacial score (nSPS) is 18.9. The highest BCUT2D eigenvalue weighted by atomic mass is 32.2. The summed E-state index contributed by atoms with van der Waals surface area (Å²) in [5, 5.41) is 9.59. The number of thioether (sulfide) groups is 1. The SMILES string of the molecule is CSc1ncccc1C(=O)N1CCCC(CC(=O)O)C1. The van der Waals surface area contributed by atoms with Crippen LogP contribution in [0.2, 0.25) is 0 Å². The van der Waals surface area contributed by atoms with Gasteiger partial charge in [0.15, 0.2) is 0 Å². The molecule has 1 unspecified atom stereocenters. The number of hydrogen-bond donors (Lipinski definition) is 1. The number of pyridine rings is 1.